The maximum absolute atomic E-state index is 11.6. The standard InChI is InChI=1S/C9H10N6O/c10-7-2-1-6(14-15-7)9(16)13-5-8-11-3-4-12-8/h1-4H,5H2,(H2,10,15)(H,11,12)(H,13,16). The van der Waals surface area contributed by atoms with Crippen LogP contribution in [0.5, 0.6) is 0 Å². The van der Waals surface area contributed by atoms with Crippen LogP contribution in [0.1, 0.15) is 16.3 Å². The Kier molecular flexibility index (Phi) is 2.77. The third-order valence-electron chi connectivity index (χ3n) is 1.89. The number of hydrogen-bond donors (Lipinski definition) is 3. The summed E-state index contributed by atoms with van der Waals surface area (Å²) < 4.78 is 0. The van der Waals surface area contributed by atoms with Gasteiger partial charge in [0.2, 0.25) is 0 Å². The third kappa shape index (κ3) is 2.32. The molecule has 1 amide bonds. The quantitative estimate of drug-likeness (QED) is 0.655. The second-order valence-corrected chi connectivity index (χ2v) is 3.06. The first-order chi connectivity index (χ1) is 7.75. The summed E-state index contributed by atoms with van der Waals surface area (Å²) in [6.07, 6.45) is 3.30. The van der Waals surface area contributed by atoms with E-state index in [-0.39, 0.29) is 17.4 Å². The van der Waals surface area contributed by atoms with E-state index in [1.165, 1.54) is 12.1 Å². The van der Waals surface area contributed by atoms with Crippen LogP contribution in [0, 0.1) is 0 Å². The number of nitrogens with zero attached hydrogens (tertiary/aromatic N) is 3. The predicted octanol–water partition coefficient (Wildman–Crippen LogP) is -0.288. The topological polar surface area (TPSA) is 110 Å². The van der Waals surface area contributed by atoms with E-state index in [0.717, 1.165) is 0 Å². The molecule has 0 fully saturated rings. The second kappa shape index (κ2) is 4.39. The number of nitrogens with two attached hydrogens (primary N) is 1. The Bertz CT molecular complexity index is 463. The van der Waals surface area contributed by atoms with Crippen molar-refractivity contribution in [3.05, 3.63) is 36.0 Å². The lowest BCUT2D eigenvalue weighted by Gasteiger charge is -2.01. The molecule has 16 heavy (non-hydrogen) atoms. The Morgan fingerprint density at radius 3 is 2.94 bits per heavy atom. The molecule has 0 bridgehead atoms. The van der Waals surface area contributed by atoms with Gasteiger partial charge in [-0.3, -0.25) is 4.79 Å². The van der Waals surface area contributed by atoms with Gasteiger partial charge in [0.1, 0.15) is 11.6 Å². The highest BCUT2D eigenvalue weighted by Crippen LogP contribution is 1.97. The van der Waals surface area contributed by atoms with Gasteiger partial charge < -0.3 is 16.0 Å². The number of hydrogen-bond acceptors (Lipinski definition) is 5. The number of carbonyl (C=O) groups is 1. The summed E-state index contributed by atoms with van der Waals surface area (Å²) in [5.41, 5.74) is 5.58. The molecule has 0 spiro atoms. The van der Waals surface area contributed by atoms with Crippen LogP contribution in [-0.4, -0.2) is 26.1 Å². The van der Waals surface area contributed by atoms with Crippen molar-refractivity contribution in [2.24, 2.45) is 0 Å². The van der Waals surface area contributed by atoms with Crippen LogP contribution in [0.2, 0.25) is 0 Å². The molecule has 7 heteroatoms. The molecule has 2 rings (SSSR count). The van der Waals surface area contributed by atoms with Crippen molar-refractivity contribution in [3.8, 4) is 0 Å². The fraction of sp³-hybridized carbons (Fsp3) is 0.111. The van der Waals surface area contributed by atoms with Crippen LogP contribution in [-0.2, 0) is 6.54 Å². The number of nitrogens with one attached hydrogen (secondary N) is 2. The van der Waals surface area contributed by atoms with Gasteiger partial charge in [0.15, 0.2) is 5.69 Å². The van der Waals surface area contributed by atoms with Crippen LogP contribution in [0.25, 0.3) is 0 Å². The number of nitrogen functional groups attached to an aromatic ring is 1. The molecule has 7 nitrogen and oxygen atoms in total. The Labute approximate surface area is 91.1 Å². The summed E-state index contributed by atoms with van der Waals surface area (Å²) in [4.78, 5) is 18.4. The molecular formula is C9H10N6O. The van der Waals surface area contributed by atoms with Gasteiger partial charge in [-0.15, -0.1) is 10.2 Å². The number of H-pyrrole nitrogens is 1. The van der Waals surface area contributed by atoms with E-state index < -0.39 is 0 Å². The number of aromatic amines is 1. The first-order valence-electron chi connectivity index (χ1n) is 4.61. The summed E-state index contributed by atoms with van der Waals surface area (Å²) in [6, 6.07) is 3.04. The van der Waals surface area contributed by atoms with E-state index in [1.807, 2.05) is 0 Å². The molecule has 0 saturated heterocycles. The highest BCUT2D eigenvalue weighted by Gasteiger charge is 2.07. The molecule has 0 aliphatic rings. The molecule has 2 aromatic rings. The zero-order valence-corrected chi connectivity index (χ0v) is 8.34. The summed E-state index contributed by atoms with van der Waals surface area (Å²) >= 11 is 0. The molecule has 0 aliphatic heterocycles. The molecule has 0 aromatic carbocycles. The van der Waals surface area contributed by atoms with Crippen LogP contribution >= 0.6 is 0 Å². The predicted molar refractivity (Wildman–Crippen MR) is 56.2 cm³/mol. The summed E-state index contributed by atoms with van der Waals surface area (Å²) in [5.74, 6) is 0.642. The summed E-state index contributed by atoms with van der Waals surface area (Å²) in [7, 11) is 0. The lowest BCUT2D eigenvalue weighted by atomic mass is 10.3. The fourth-order valence-electron chi connectivity index (χ4n) is 1.11. The number of imidazole rings is 1. The van der Waals surface area contributed by atoms with Gasteiger partial charge in [0.05, 0.1) is 6.54 Å². The fourth-order valence-corrected chi connectivity index (χ4v) is 1.11. The molecule has 2 heterocycles. The van der Waals surface area contributed by atoms with E-state index in [4.69, 9.17) is 5.73 Å². The number of aromatic nitrogens is 4. The number of amides is 1. The van der Waals surface area contributed by atoms with Crippen molar-refractivity contribution in [1.29, 1.82) is 0 Å². The molecule has 0 unspecified atom stereocenters. The minimum atomic E-state index is -0.316. The Morgan fingerprint density at radius 2 is 2.31 bits per heavy atom. The molecule has 82 valence electrons. The minimum absolute atomic E-state index is 0.223. The lowest BCUT2D eigenvalue weighted by molar-refractivity contribution is 0.0944. The zero-order valence-electron chi connectivity index (χ0n) is 8.34. The van der Waals surface area contributed by atoms with Gasteiger partial charge in [-0.1, -0.05) is 0 Å². The Morgan fingerprint density at radius 1 is 1.44 bits per heavy atom. The van der Waals surface area contributed by atoms with Crippen LogP contribution in [0.4, 0.5) is 5.82 Å². The van der Waals surface area contributed by atoms with E-state index in [2.05, 4.69) is 25.5 Å². The Balaban J connectivity index is 1.95. The lowest BCUT2D eigenvalue weighted by Crippen LogP contribution is -2.24. The summed E-state index contributed by atoms with van der Waals surface area (Å²) in [6.45, 7) is 0.317. The van der Waals surface area contributed by atoms with Crippen molar-refractivity contribution < 1.29 is 4.79 Å². The van der Waals surface area contributed by atoms with Gasteiger partial charge in [-0.25, -0.2) is 4.98 Å². The van der Waals surface area contributed by atoms with E-state index in [1.54, 1.807) is 12.4 Å². The van der Waals surface area contributed by atoms with Gasteiger partial charge in [0, 0.05) is 12.4 Å². The average Bonchev–Trinajstić information content (AvgIpc) is 2.80. The zero-order chi connectivity index (χ0) is 11.4. The van der Waals surface area contributed by atoms with E-state index in [9.17, 15) is 4.79 Å². The van der Waals surface area contributed by atoms with Crippen LogP contribution in [0.15, 0.2) is 24.5 Å². The van der Waals surface area contributed by atoms with E-state index >= 15 is 0 Å². The second-order valence-electron chi connectivity index (χ2n) is 3.06. The average molecular weight is 218 g/mol. The maximum Gasteiger partial charge on any atom is 0.272 e. The minimum Gasteiger partial charge on any atom is -0.382 e. The summed E-state index contributed by atoms with van der Waals surface area (Å²) in [5, 5.41) is 9.89. The van der Waals surface area contributed by atoms with Crippen molar-refractivity contribution >= 4 is 11.7 Å². The van der Waals surface area contributed by atoms with Gasteiger partial charge >= 0.3 is 0 Å². The first-order valence-corrected chi connectivity index (χ1v) is 4.61. The largest absolute Gasteiger partial charge is 0.382 e. The molecular weight excluding hydrogens is 208 g/mol. The maximum atomic E-state index is 11.6. The Hall–Kier alpha value is -2.44. The highest BCUT2D eigenvalue weighted by atomic mass is 16.1. The molecule has 2 aromatic heterocycles. The normalized spacial score (nSPS) is 10.0. The SMILES string of the molecule is Nc1ccc(C(=O)NCc2ncc[nH]2)nn1. The van der Waals surface area contributed by atoms with Gasteiger partial charge in [0.25, 0.3) is 5.91 Å². The number of carbonyl (C=O) groups excluding carboxylic acids is 1. The first kappa shape index (κ1) is 10.1. The van der Waals surface area contributed by atoms with Gasteiger partial charge in [-0.05, 0) is 12.1 Å². The molecule has 0 saturated carbocycles. The van der Waals surface area contributed by atoms with Crippen molar-refractivity contribution in [3.63, 3.8) is 0 Å². The number of rotatable bonds is 3. The van der Waals surface area contributed by atoms with Crippen LogP contribution in [0.3, 0.4) is 0 Å². The van der Waals surface area contributed by atoms with Crippen molar-refractivity contribution in [1.82, 2.24) is 25.5 Å². The molecule has 0 aliphatic carbocycles. The number of anilines is 1. The monoisotopic (exact) mass is 218 g/mol. The third-order valence-corrected chi connectivity index (χ3v) is 1.89. The highest BCUT2D eigenvalue weighted by molar-refractivity contribution is 5.92. The molecule has 0 radical (unpaired) electrons. The molecule has 0 atom stereocenters. The van der Waals surface area contributed by atoms with Crippen molar-refractivity contribution in [2.45, 2.75) is 6.54 Å². The molecule has 4 N–H and O–H groups in total. The van der Waals surface area contributed by atoms with E-state index in [0.29, 0.717) is 12.4 Å². The van der Waals surface area contributed by atoms with Crippen LogP contribution < -0.4 is 11.1 Å². The van der Waals surface area contributed by atoms with Crippen molar-refractivity contribution in [2.75, 3.05) is 5.73 Å². The van der Waals surface area contributed by atoms with Gasteiger partial charge in [-0.2, -0.15) is 0 Å². The smallest absolute Gasteiger partial charge is 0.272 e.